The summed E-state index contributed by atoms with van der Waals surface area (Å²) in [7, 11) is -1.66. The second-order valence-corrected chi connectivity index (χ2v) is 8.09. The Kier molecular flexibility index (Phi) is 6.02. The van der Waals surface area contributed by atoms with Gasteiger partial charge in [-0.1, -0.05) is 6.07 Å². The molecule has 1 N–H and O–H groups in total. The second-order valence-electron chi connectivity index (χ2n) is 6.19. The minimum atomic E-state index is -3.64. The highest BCUT2D eigenvalue weighted by atomic mass is 32.2. The summed E-state index contributed by atoms with van der Waals surface area (Å²) in [6.07, 6.45) is 1.06. The number of anilines is 2. The summed E-state index contributed by atoms with van der Waals surface area (Å²) >= 11 is 0. The molecule has 0 atom stereocenters. The molecule has 2 amide bonds. The first kappa shape index (κ1) is 19.2. The van der Waals surface area contributed by atoms with Crippen molar-refractivity contribution in [3.8, 4) is 0 Å². The van der Waals surface area contributed by atoms with Crippen molar-refractivity contribution in [3.63, 3.8) is 0 Å². The van der Waals surface area contributed by atoms with E-state index in [0.717, 1.165) is 23.7 Å². The summed E-state index contributed by atoms with van der Waals surface area (Å²) in [6, 6.07) is 6.44. The Hall–Kier alpha value is -2.13. The van der Waals surface area contributed by atoms with Crippen LogP contribution in [0.2, 0.25) is 0 Å². The average molecular weight is 368 g/mol. The van der Waals surface area contributed by atoms with E-state index >= 15 is 0 Å². The molecule has 8 nitrogen and oxygen atoms in total. The van der Waals surface area contributed by atoms with E-state index in [2.05, 4.69) is 10.2 Å². The number of hydrogen-bond donors (Lipinski definition) is 1. The van der Waals surface area contributed by atoms with Gasteiger partial charge in [-0.25, -0.2) is 8.42 Å². The predicted octanol–water partition coefficient (Wildman–Crippen LogP) is 0.185. The van der Waals surface area contributed by atoms with Crippen LogP contribution in [0.15, 0.2) is 24.3 Å². The molecule has 0 bridgehead atoms. The Morgan fingerprint density at radius 1 is 1.20 bits per heavy atom. The first-order valence-electron chi connectivity index (χ1n) is 7.98. The molecular weight excluding hydrogens is 344 g/mol. The summed E-state index contributed by atoms with van der Waals surface area (Å²) in [5.41, 5.74) is 0.821. The van der Waals surface area contributed by atoms with Gasteiger partial charge in [-0.3, -0.25) is 13.9 Å². The van der Waals surface area contributed by atoms with Crippen molar-refractivity contribution in [2.45, 2.75) is 6.92 Å². The highest BCUT2D eigenvalue weighted by molar-refractivity contribution is 7.92. The van der Waals surface area contributed by atoms with Gasteiger partial charge in [-0.05, 0) is 25.2 Å². The van der Waals surface area contributed by atoms with Crippen LogP contribution in [0.25, 0.3) is 0 Å². The molecule has 9 heteroatoms. The van der Waals surface area contributed by atoms with Crippen molar-refractivity contribution in [1.82, 2.24) is 9.80 Å². The third-order valence-corrected chi connectivity index (χ3v) is 5.13. The van der Waals surface area contributed by atoms with Crippen molar-refractivity contribution in [3.05, 3.63) is 24.3 Å². The molecule has 0 spiro atoms. The van der Waals surface area contributed by atoms with Gasteiger partial charge in [0, 0.05) is 38.8 Å². The smallest absolute Gasteiger partial charge is 0.243 e. The molecule has 0 radical (unpaired) electrons. The lowest BCUT2D eigenvalue weighted by atomic mass is 10.2. The van der Waals surface area contributed by atoms with Gasteiger partial charge in [0.1, 0.15) is 6.54 Å². The van der Waals surface area contributed by atoms with E-state index in [9.17, 15) is 18.0 Å². The molecule has 0 aromatic heterocycles. The quantitative estimate of drug-likeness (QED) is 0.801. The Bertz CT molecular complexity index is 742. The zero-order valence-corrected chi connectivity index (χ0v) is 15.5. The van der Waals surface area contributed by atoms with Gasteiger partial charge >= 0.3 is 0 Å². The zero-order chi connectivity index (χ0) is 18.6. The Morgan fingerprint density at radius 2 is 1.84 bits per heavy atom. The molecule has 0 saturated carbocycles. The van der Waals surface area contributed by atoms with E-state index < -0.39 is 10.0 Å². The minimum absolute atomic E-state index is 0.233. The van der Waals surface area contributed by atoms with Gasteiger partial charge in [0.05, 0.1) is 11.9 Å². The maximum atomic E-state index is 12.5. The predicted molar refractivity (Wildman–Crippen MR) is 97.0 cm³/mol. The van der Waals surface area contributed by atoms with Crippen molar-refractivity contribution in [2.75, 3.05) is 55.6 Å². The van der Waals surface area contributed by atoms with Gasteiger partial charge in [0.15, 0.2) is 0 Å². The Balaban J connectivity index is 2.20. The normalized spacial score (nSPS) is 15.7. The van der Waals surface area contributed by atoms with E-state index in [0.29, 0.717) is 24.5 Å². The second kappa shape index (κ2) is 7.83. The molecule has 138 valence electrons. The number of likely N-dealkylation sites (N-methyl/N-ethyl adjacent to an activating group) is 1. The fourth-order valence-electron chi connectivity index (χ4n) is 2.62. The lowest BCUT2D eigenvalue weighted by Gasteiger charge is -2.34. The monoisotopic (exact) mass is 368 g/mol. The fourth-order valence-corrected chi connectivity index (χ4v) is 3.46. The summed E-state index contributed by atoms with van der Waals surface area (Å²) in [5, 5.41) is 2.61. The molecule has 1 aliphatic heterocycles. The van der Waals surface area contributed by atoms with Crippen molar-refractivity contribution in [2.24, 2.45) is 0 Å². The van der Waals surface area contributed by atoms with Crippen LogP contribution in [-0.2, 0) is 19.6 Å². The number of carbonyl (C=O) groups excluding carboxylic acids is 2. The largest absolute Gasteiger partial charge is 0.339 e. The molecule has 0 aliphatic carbocycles. The molecule has 1 heterocycles. The Labute approximate surface area is 148 Å². The zero-order valence-electron chi connectivity index (χ0n) is 14.7. The summed E-state index contributed by atoms with van der Waals surface area (Å²) < 4.78 is 25.5. The topological polar surface area (TPSA) is 90.0 Å². The molecule has 1 aromatic carbocycles. The fraction of sp³-hybridized carbons (Fsp3) is 0.500. The maximum absolute atomic E-state index is 12.5. The maximum Gasteiger partial charge on any atom is 0.243 e. The molecule has 0 unspecified atom stereocenters. The van der Waals surface area contributed by atoms with Gasteiger partial charge in [-0.15, -0.1) is 0 Å². The summed E-state index contributed by atoms with van der Waals surface area (Å²) in [6.45, 7) is 3.81. The Morgan fingerprint density at radius 3 is 2.40 bits per heavy atom. The number of nitrogens with one attached hydrogen (secondary N) is 1. The molecular formula is C16H24N4O4S. The summed E-state index contributed by atoms with van der Waals surface area (Å²) in [5.74, 6) is -0.486. The van der Waals surface area contributed by atoms with E-state index in [1.807, 2.05) is 7.05 Å². The van der Waals surface area contributed by atoms with Gasteiger partial charge in [0.2, 0.25) is 21.8 Å². The van der Waals surface area contributed by atoms with Crippen LogP contribution in [0.5, 0.6) is 0 Å². The van der Waals surface area contributed by atoms with Crippen LogP contribution < -0.4 is 9.62 Å². The average Bonchev–Trinajstić information content (AvgIpc) is 2.51. The number of benzene rings is 1. The number of piperazine rings is 1. The number of rotatable bonds is 5. The molecule has 1 aliphatic rings. The molecule has 2 rings (SSSR count). The minimum Gasteiger partial charge on any atom is -0.339 e. The highest BCUT2D eigenvalue weighted by Gasteiger charge is 2.26. The first-order valence-corrected chi connectivity index (χ1v) is 9.83. The lowest BCUT2D eigenvalue weighted by Crippen LogP contribution is -2.50. The van der Waals surface area contributed by atoms with Crippen molar-refractivity contribution in [1.29, 1.82) is 0 Å². The standard InChI is InChI=1S/C16H24N4O4S/c1-13(21)17-14-5-4-6-15(11-14)20(25(3,23)24)12-16(22)19-9-7-18(2)8-10-19/h4-6,11H,7-10,12H2,1-3H3,(H,17,21). The van der Waals surface area contributed by atoms with Crippen LogP contribution in [0.1, 0.15) is 6.92 Å². The van der Waals surface area contributed by atoms with Gasteiger partial charge in [0.25, 0.3) is 0 Å². The van der Waals surface area contributed by atoms with Crippen LogP contribution in [0.4, 0.5) is 11.4 Å². The van der Waals surface area contributed by atoms with Crippen molar-refractivity contribution >= 4 is 33.2 Å². The van der Waals surface area contributed by atoms with E-state index in [1.54, 1.807) is 29.2 Å². The van der Waals surface area contributed by atoms with Crippen LogP contribution >= 0.6 is 0 Å². The van der Waals surface area contributed by atoms with Crippen LogP contribution in [-0.4, -0.2) is 76.1 Å². The molecule has 1 fully saturated rings. The summed E-state index contributed by atoms with van der Waals surface area (Å²) in [4.78, 5) is 27.5. The van der Waals surface area contributed by atoms with Crippen LogP contribution in [0.3, 0.4) is 0 Å². The highest BCUT2D eigenvalue weighted by Crippen LogP contribution is 2.22. The lowest BCUT2D eigenvalue weighted by molar-refractivity contribution is -0.131. The molecule has 1 saturated heterocycles. The SMILES string of the molecule is CC(=O)Nc1cccc(N(CC(=O)N2CCN(C)CC2)S(C)(=O)=O)c1. The van der Waals surface area contributed by atoms with Gasteiger partial charge < -0.3 is 15.1 Å². The number of hydrogen-bond acceptors (Lipinski definition) is 5. The first-order chi connectivity index (χ1) is 11.7. The molecule has 25 heavy (non-hydrogen) atoms. The van der Waals surface area contributed by atoms with E-state index in [-0.39, 0.29) is 18.4 Å². The number of nitrogens with zero attached hydrogens (tertiary/aromatic N) is 3. The number of sulfonamides is 1. The van der Waals surface area contributed by atoms with E-state index in [1.165, 1.54) is 6.92 Å². The molecule has 1 aromatic rings. The van der Waals surface area contributed by atoms with Gasteiger partial charge in [-0.2, -0.15) is 0 Å². The van der Waals surface area contributed by atoms with Crippen molar-refractivity contribution < 1.29 is 18.0 Å². The van der Waals surface area contributed by atoms with E-state index in [4.69, 9.17) is 0 Å². The third kappa shape index (κ3) is 5.43. The number of amides is 2. The third-order valence-electron chi connectivity index (χ3n) is 3.99. The van der Waals surface area contributed by atoms with Crippen LogP contribution in [0, 0.1) is 0 Å². The number of carbonyl (C=O) groups is 2.